The van der Waals surface area contributed by atoms with Gasteiger partial charge in [-0.2, -0.15) is 0 Å². The van der Waals surface area contributed by atoms with Gasteiger partial charge in [0.2, 0.25) is 0 Å². The highest BCUT2D eigenvalue weighted by molar-refractivity contribution is 5.57. The zero-order valence-corrected chi connectivity index (χ0v) is 11.7. The molecule has 2 fully saturated rings. The van der Waals surface area contributed by atoms with Gasteiger partial charge in [0.25, 0.3) is 0 Å². The van der Waals surface area contributed by atoms with E-state index in [9.17, 15) is 0 Å². The molecule has 0 aromatic heterocycles. The van der Waals surface area contributed by atoms with Crippen LogP contribution in [0.4, 0.5) is 5.69 Å². The number of rotatable bonds is 2. The lowest BCUT2D eigenvalue weighted by atomic mass is 10.0. The molecule has 2 unspecified atom stereocenters. The summed E-state index contributed by atoms with van der Waals surface area (Å²) in [6, 6.07) is 8.00. The maximum atomic E-state index is 3.72. The summed E-state index contributed by atoms with van der Waals surface area (Å²) < 4.78 is 0. The normalized spacial score (nSPS) is 28.5. The van der Waals surface area contributed by atoms with Gasteiger partial charge in [-0.05, 0) is 56.7 Å². The summed E-state index contributed by atoms with van der Waals surface area (Å²) in [5.74, 6) is 0.935. The van der Waals surface area contributed by atoms with Crippen LogP contribution in [0.1, 0.15) is 30.9 Å². The summed E-state index contributed by atoms with van der Waals surface area (Å²) in [5.41, 5.74) is 4.29. The van der Waals surface area contributed by atoms with Crippen LogP contribution < -0.4 is 10.2 Å². The lowest BCUT2D eigenvalue weighted by Crippen LogP contribution is -2.56. The molecule has 2 heteroatoms. The lowest BCUT2D eigenvalue weighted by molar-refractivity contribution is 0.375. The molecule has 1 aromatic carbocycles. The molecule has 2 atom stereocenters. The van der Waals surface area contributed by atoms with Gasteiger partial charge in [0.15, 0.2) is 0 Å². The van der Waals surface area contributed by atoms with Crippen LogP contribution in [0.2, 0.25) is 0 Å². The SMILES string of the molecule is Cc1cccc(N2CC(C3CC3)NCC2C)c1C. The zero-order valence-electron chi connectivity index (χ0n) is 11.7. The minimum Gasteiger partial charge on any atom is -0.366 e. The molecule has 0 spiro atoms. The average molecular weight is 244 g/mol. The number of anilines is 1. The molecule has 0 amide bonds. The van der Waals surface area contributed by atoms with E-state index in [1.807, 2.05) is 0 Å². The Hall–Kier alpha value is -1.02. The Labute approximate surface area is 110 Å². The van der Waals surface area contributed by atoms with Crippen molar-refractivity contribution in [1.29, 1.82) is 0 Å². The quantitative estimate of drug-likeness (QED) is 0.860. The van der Waals surface area contributed by atoms with Crippen LogP contribution in [-0.2, 0) is 0 Å². The molecule has 1 heterocycles. The van der Waals surface area contributed by atoms with Gasteiger partial charge < -0.3 is 10.2 Å². The fourth-order valence-corrected chi connectivity index (χ4v) is 3.09. The summed E-state index contributed by atoms with van der Waals surface area (Å²) in [5, 5.41) is 3.72. The minimum absolute atomic E-state index is 0.598. The first-order valence-corrected chi connectivity index (χ1v) is 7.23. The number of piperazine rings is 1. The van der Waals surface area contributed by atoms with Crippen molar-refractivity contribution in [2.75, 3.05) is 18.0 Å². The standard InChI is InChI=1S/C16H24N2/c1-11-5-4-6-16(13(11)3)18-10-15(14-7-8-14)17-9-12(18)2/h4-6,12,14-15,17H,7-10H2,1-3H3. The van der Waals surface area contributed by atoms with Crippen molar-refractivity contribution in [3.05, 3.63) is 29.3 Å². The van der Waals surface area contributed by atoms with Crippen molar-refractivity contribution in [3.8, 4) is 0 Å². The van der Waals surface area contributed by atoms with E-state index in [1.165, 1.54) is 36.2 Å². The summed E-state index contributed by atoms with van der Waals surface area (Å²) in [4.78, 5) is 2.61. The highest BCUT2D eigenvalue weighted by Crippen LogP contribution is 2.36. The number of hydrogen-bond acceptors (Lipinski definition) is 2. The molecule has 0 radical (unpaired) electrons. The van der Waals surface area contributed by atoms with Gasteiger partial charge in [0.1, 0.15) is 0 Å². The molecule has 18 heavy (non-hydrogen) atoms. The fraction of sp³-hybridized carbons (Fsp3) is 0.625. The molecule has 0 bridgehead atoms. The molecule has 1 aliphatic heterocycles. The minimum atomic E-state index is 0.598. The number of nitrogens with one attached hydrogen (secondary N) is 1. The molecule has 98 valence electrons. The third kappa shape index (κ3) is 2.14. The Morgan fingerprint density at radius 2 is 2.00 bits per heavy atom. The van der Waals surface area contributed by atoms with Gasteiger partial charge in [-0.15, -0.1) is 0 Å². The van der Waals surface area contributed by atoms with Crippen molar-refractivity contribution in [1.82, 2.24) is 5.32 Å². The molecular weight excluding hydrogens is 220 g/mol. The summed E-state index contributed by atoms with van der Waals surface area (Å²) >= 11 is 0. The molecule has 2 aliphatic rings. The van der Waals surface area contributed by atoms with Gasteiger partial charge in [-0.25, -0.2) is 0 Å². The van der Waals surface area contributed by atoms with Crippen molar-refractivity contribution in [3.63, 3.8) is 0 Å². The molecule has 3 rings (SSSR count). The molecule has 1 saturated heterocycles. The first-order chi connectivity index (χ1) is 8.66. The Kier molecular flexibility index (Phi) is 3.06. The van der Waals surface area contributed by atoms with Crippen molar-refractivity contribution in [2.45, 2.75) is 45.7 Å². The van der Waals surface area contributed by atoms with Gasteiger partial charge in [-0.1, -0.05) is 12.1 Å². The Morgan fingerprint density at radius 1 is 1.22 bits per heavy atom. The molecule has 1 saturated carbocycles. The number of benzene rings is 1. The average Bonchev–Trinajstić information content (AvgIpc) is 3.18. The van der Waals surface area contributed by atoms with Crippen LogP contribution >= 0.6 is 0 Å². The van der Waals surface area contributed by atoms with Crippen LogP contribution in [0, 0.1) is 19.8 Å². The summed E-state index contributed by atoms with van der Waals surface area (Å²) in [6.45, 7) is 9.10. The van der Waals surface area contributed by atoms with Crippen LogP contribution in [0.25, 0.3) is 0 Å². The molecule has 1 N–H and O–H groups in total. The monoisotopic (exact) mass is 244 g/mol. The largest absolute Gasteiger partial charge is 0.366 e. The van der Waals surface area contributed by atoms with Crippen LogP contribution in [0.3, 0.4) is 0 Å². The smallest absolute Gasteiger partial charge is 0.0401 e. The van der Waals surface area contributed by atoms with E-state index < -0.39 is 0 Å². The van der Waals surface area contributed by atoms with Crippen LogP contribution in [0.5, 0.6) is 0 Å². The highest BCUT2D eigenvalue weighted by Gasteiger charge is 2.36. The van der Waals surface area contributed by atoms with E-state index in [0.717, 1.165) is 12.5 Å². The van der Waals surface area contributed by atoms with E-state index in [1.54, 1.807) is 0 Å². The maximum Gasteiger partial charge on any atom is 0.0401 e. The second-order valence-electron chi connectivity index (χ2n) is 6.07. The second-order valence-corrected chi connectivity index (χ2v) is 6.07. The van der Waals surface area contributed by atoms with Crippen LogP contribution in [-0.4, -0.2) is 25.2 Å². The van der Waals surface area contributed by atoms with Crippen molar-refractivity contribution >= 4 is 5.69 Å². The number of aryl methyl sites for hydroxylation is 1. The number of nitrogens with zero attached hydrogens (tertiary/aromatic N) is 1. The van der Waals surface area contributed by atoms with Gasteiger partial charge in [0, 0.05) is 30.9 Å². The van der Waals surface area contributed by atoms with Gasteiger partial charge in [-0.3, -0.25) is 0 Å². The first kappa shape index (κ1) is 12.0. The third-order valence-corrected chi connectivity index (χ3v) is 4.68. The molecule has 2 nitrogen and oxygen atoms in total. The summed E-state index contributed by atoms with van der Waals surface area (Å²) in [7, 11) is 0. The highest BCUT2D eigenvalue weighted by atomic mass is 15.2. The third-order valence-electron chi connectivity index (χ3n) is 4.68. The number of hydrogen-bond donors (Lipinski definition) is 1. The second kappa shape index (κ2) is 4.58. The van der Waals surface area contributed by atoms with E-state index in [-0.39, 0.29) is 0 Å². The fourth-order valence-electron chi connectivity index (χ4n) is 3.09. The van der Waals surface area contributed by atoms with E-state index in [4.69, 9.17) is 0 Å². The van der Waals surface area contributed by atoms with Gasteiger partial charge >= 0.3 is 0 Å². The van der Waals surface area contributed by atoms with Crippen molar-refractivity contribution < 1.29 is 0 Å². The Morgan fingerprint density at radius 3 is 2.72 bits per heavy atom. The lowest BCUT2D eigenvalue weighted by Gasteiger charge is -2.41. The Balaban J connectivity index is 1.86. The van der Waals surface area contributed by atoms with E-state index in [2.05, 4.69) is 49.2 Å². The Bertz CT molecular complexity index is 437. The van der Waals surface area contributed by atoms with Crippen LogP contribution in [0.15, 0.2) is 18.2 Å². The van der Waals surface area contributed by atoms with E-state index in [0.29, 0.717) is 12.1 Å². The molecule has 1 aliphatic carbocycles. The predicted molar refractivity (Wildman–Crippen MR) is 77.2 cm³/mol. The van der Waals surface area contributed by atoms with Gasteiger partial charge in [0.05, 0.1) is 0 Å². The predicted octanol–water partition coefficient (Wildman–Crippen LogP) is 2.88. The summed E-state index contributed by atoms with van der Waals surface area (Å²) in [6.07, 6.45) is 2.85. The van der Waals surface area contributed by atoms with E-state index >= 15 is 0 Å². The zero-order chi connectivity index (χ0) is 12.7. The first-order valence-electron chi connectivity index (χ1n) is 7.23. The van der Waals surface area contributed by atoms with Crippen molar-refractivity contribution in [2.24, 2.45) is 5.92 Å². The molecular formula is C16H24N2. The topological polar surface area (TPSA) is 15.3 Å². The molecule has 1 aromatic rings. The maximum absolute atomic E-state index is 3.72.